The fourth-order valence-corrected chi connectivity index (χ4v) is 3.82. The zero-order valence-electron chi connectivity index (χ0n) is 16.5. The van der Waals surface area contributed by atoms with Gasteiger partial charge in [-0.15, -0.1) is 0 Å². The Labute approximate surface area is 170 Å². The van der Waals surface area contributed by atoms with Crippen LogP contribution >= 0.6 is 0 Å². The van der Waals surface area contributed by atoms with Gasteiger partial charge in [0, 0.05) is 12.2 Å². The van der Waals surface area contributed by atoms with Crippen molar-refractivity contribution in [3.05, 3.63) is 60.2 Å². The summed E-state index contributed by atoms with van der Waals surface area (Å²) in [7, 11) is -4.06. The number of carbonyl (C=O) groups is 2. The van der Waals surface area contributed by atoms with Crippen LogP contribution in [0.25, 0.3) is 0 Å². The normalized spacial score (nSPS) is 11.9. The van der Waals surface area contributed by atoms with Gasteiger partial charge in [-0.1, -0.05) is 30.3 Å². The van der Waals surface area contributed by atoms with E-state index in [-0.39, 0.29) is 11.4 Å². The van der Waals surface area contributed by atoms with Gasteiger partial charge in [-0.05, 0) is 50.6 Å². The van der Waals surface area contributed by atoms with E-state index in [2.05, 4.69) is 5.32 Å². The maximum absolute atomic E-state index is 12.9. The van der Waals surface area contributed by atoms with Gasteiger partial charge in [0.05, 0.1) is 4.90 Å². The Morgan fingerprint density at radius 3 is 2.14 bits per heavy atom. The lowest BCUT2D eigenvalue weighted by atomic mass is 10.2. The van der Waals surface area contributed by atoms with Crippen LogP contribution in [0.1, 0.15) is 26.3 Å². The number of carboxylic acid groups (broad SMARTS) is 1. The van der Waals surface area contributed by atoms with Gasteiger partial charge in [0.25, 0.3) is 0 Å². The van der Waals surface area contributed by atoms with Crippen molar-refractivity contribution >= 4 is 27.8 Å². The Balaban J connectivity index is 2.20. The fourth-order valence-electron chi connectivity index (χ4n) is 2.44. The standard InChI is InChI=1S/C20H24N2O6S/c1-20(2,3)28-19(25)21-16-9-11-17(12-10-16)29(26,27)22(14-18(23)24)13-15-7-5-4-6-8-15/h4-12H,13-14H2,1-3H3,(H,21,25)(H,23,24). The summed E-state index contributed by atoms with van der Waals surface area (Å²) in [6, 6.07) is 14.2. The molecule has 0 saturated carbocycles. The van der Waals surface area contributed by atoms with Crippen molar-refractivity contribution < 1.29 is 27.9 Å². The predicted molar refractivity (Wildman–Crippen MR) is 108 cm³/mol. The molecule has 0 radical (unpaired) electrons. The molecule has 1 amide bonds. The van der Waals surface area contributed by atoms with Gasteiger partial charge in [0.1, 0.15) is 12.1 Å². The summed E-state index contributed by atoms with van der Waals surface area (Å²) in [4.78, 5) is 22.9. The van der Waals surface area contributed by atoms with Crippen molar-refractivity contribution in [2.24, 2.45) is 0 Å². The molecule has 2 aromatic carbocycles. The Bertz CT molecular complexity index is 951. The second kappa shape index (κ2) is 9.06. The van der Waals surface area contributed by atoms with E-state index in [1.165, 1.54) is 24.3 Å². The highest BCUT2D eigenvalue weighted by atomic mass is 32.2. The number of carboxylic acids is 1. The van der Waals surface area contributed by atoms with Gasteiger partial charge < -0.3 is 9.84 Å². The molecule has 0 aliphatic carbocycles. The molecule has 0 aromatic heterocycles. The van der Waals surface area contributed by atoms with E-state index in [1.807, 2.05) is 0 Å². The molecule has 0 fully saturated rings. The number of benzene rings is 2. The largest absolute Gasteiger partial charge is 0.480 e. The molecule has 8 nitrogen and oxygen atoms in total. The van der Waals surface area contributed by atoms with Crippen molar-refractivity contribution in [1.82, 2.24) is 4.31 Å². The zero-order chi connectivity index (χ0) is 21.7. The van der Waals surface area contributed by atoms with Crippen LogP contribution in [0.4, 0.5) is 10.5 Å². The van der Waals surface area contributed by atoms with E-state index in [0.717, 1.165) is 4.31 Å². The highest BCUT2D eigenvalue weighted by molar-refractivity contribution is 7.89. The quantitative estimate of drug-likeness (QED) is 0.710. The number of sulfonamides is 1. The number of nitrogens with one attached hydrogen (secondary N) is 1. The number of nitrogens with zero attached hydrogens (tertiary/aromatic N) is 1. The molecule has 0 unspecified atom stereocenters. The topological polar surface area (TPSA) is 113 Å². The number of carbonyl (C=O) groups excluding carboxylic acids is 1. The summed E-state index contributed by atoms with van der Waals surface area (Å²) < 4.78 is 31.9. The second-order valence-electron chi connectivity index (χ2n) is 7.30. The van der Waals surface area contributed by atoms with Crippen LogP contribution in [0.15, 0.2) is 59.5 Å². The van der Waals surface area contributed by atoms with Gasteiger partial charge in [-0.2, -0.15) is 4.31 Å². The summed E-state index contributed by atoms with van der Waals surface area (Å²) >= 11 is 0. The Hall–Kier alpha value is -2.91. The molecule has 9 heteroatoms. The average Bonchev–Trinajstić information content (AvgIpc) is 2.60. The average molecular weight is 420 g/mol. The second-order valence-corrected chi connectivity index (χ2v) is 9.24. The summed E-state index contributed by atoms with van der Waals surface area (Å²) in [5.74, 6) is -1.26. The molecule has 0 heterocycles. The van der Waals surface area contributed by atoms with Crippen LogP contribution < -0.4 is 5.32 Å². The Kier molecular flexibility index (Phi) is 6.99. The monoisotopic (exact) mass is 420 g/mol. The third kappa shape index (κ3) is 6.88. The van der Waals surface area contributed by atoms with Gasteiger partial charge in [0.2, 0.25) is 10.0 Å². The highest BCUT2D eigenvalue weighted by Gasteiger charge is 2.27. The number of hydrogen-bond acceptors (Lipinski definition) is 5. The van der Waals surface area contributed by atoms with Gasteiger partial charge in [0.15, 0.2) is 0 Å². The first-order valence-electron chi connectivity index (χ1n) is 8.83. The SMILES string of the molecule is CC(C)(C)OC(=O)Nc1ccc(S(=O)(=O)N(CC(=O)O)Cc2ccccc2)cc1. The molecule has 0 saturated heterocycles. The molecule has 0 atom stereocenters. The summed E-state index contributed by atoms with van der Waals surface area (Å²) in [5.41, 5.74) is 0.355. The van der Waals surface area contributed by atoms with Crippen LogP contribution in [0, 0.1) is 0 Å². The molecular weight excluding hydrogens is 396 g/mol. The highest BCUT2D eigenvalue weighted by Crippen LogP contribution is 2.21. The molecule has 0 bridgehead atoms. The van der Waals surface area contributed by atoms with Gasteiger partial charge >= 0.3 is 12.1 Å². The summed E-state index contributed by atoms with van der Waals surface area (Å²) in [6.07, 6.45) is -0.662. The molecule has 0 aliphatic heterocycles. The predicted octanol–water partition coefficient (Wildman–Crippen LogP) is 3.31. The van der Waals surface area contributed by atoms with Crippen LogP contribution in [0.5, 0.6) is 0 Å². The first-order valence-corrected chi connectivity index (χ1v) is 10.3. The van der Waals surface area contributed by atoms with E-state index in [0.29, 0.717) is 11.3 Å². The molecule has 2 aromatic rings. The van der Waals surface area contributed by atoms with Crippen LogP contribution in [0.2, 0.25) is 0 Å². The number of amides is 1. The maximum atomic E-state index is 12.9. The van der Waals surface area contributed by atoms with Gasteiger partial charge in [-0.25, -0.2) is 13.2 Å². The number of aliphatic carboxylic acids is 1. The number of hydrogen-bond donors (Lipinski definition) is 2. The van der Waals surface area contributed by atoms with Crippen molar-refractivity contribution in [2.75, 3.05) is 11.9 Å². The molecule has 29 heavy (non-hydrogen) atoms. The van der Waals surface area contributed by atoms with Gasteiger partial charge in [-0.3, -0.25) is 10.1 Å². The molecular formula is C20H24N2O6S. The van der Waals surface area contributed by atoms with E-state index in [4.69, 9.17) is 9.84 Å². The van der Waals surface area contributed by atoms with Crippen LogP contribution in [-0.4, -0.2) is 42.0 Å². The summed E-state index contributed by atoms with van der Waals surface area (Å²) in [6.45, 7) is 4.44. The van der Waals surface area contributed by atoms with Crippen LogP contribution in [0.3, 0.4) is 0 Å². The van der Waals surface area contributed by atoms with E-state index in [1.54, 1.807) is 51.1 Å². The minimum Gasteiger partial charge on any atom is -0.480 e. The molecule has 2 N–H and O–H groups in total. The van der Waals surface area contributed by atoms with Crippen LogP contribution in [-0.2, 0) is 26.1 Å². The van der Waals surface area contributed by atoms with E-state index in [9.17, 15) is 18.0 Å². The first-order chi connectivity index (χ1) is 13.5. The fraction of sp³-hybridized carbons (Fsp3) is 0.300. The Morgan fingerprint density at radius 2 is 1.62 bits per heavy atom. The minimum absolute atomic E-state index is 0.0760. The summed E-state index contributed by atoms with van der Waals surface area (Å²) in [5, 5.41) is 11.7. The molecule has 0 aliphatic rings. The van der Waals surface area contributed by atoms with Crippen molar-refractivity contribution in [2.45, 2.75) is 37.8 Å². The maximum Gasteiger partial charge on any atom is 0.412 e. The van der Waals surface area contributed by atoms with E-state index < -0.39 is 34.2 Å². The zero-order valence-corrected chi connectivity index (χ0v) is 17.3. The number of anilines is 1. The number of ether oxygens (including phenoxy) is 1. The first kappa shape index (κ1) is 22.4. The minimum atomic E-state index is -4.06. The number of rotatable bonds is 7. The lowest BCUT2D eigenvalue weighted by Crippen LogP contribution is -2.35. The molecule has 156 valence electrons. The molecule has 2 rings (SSSR count). The molecule has 0 spiro atoms. The Morgan fingerprint density at radius 1 is 1.03 bits per heavy atom. The lowest BCUT2D eigenvalue weighted by Gasteiger charge is -2.21. The smallest absolute Gasteiger partial charge is 0.412 e. The van der Waals surface area contributed by atoms with Crippen molar-refractivity contribution in [3.8, 4) is 0 Å². The third-order valence-electron chi connectivity index (χ3n) is 3.65. The van der Waals surface area contributed by atoms with Crippen molar-refractivity contribution in [1.29, 1.82) is 0 Å². The lowest BCUT2D eigenvalue weighted by molar-refractivity contribution is -0.137. The van der Waals surface area contributed by atoms with E-state index >= 15 is 0 Å². The third-order valence-corrected chi connectivity index (χ3v) is 5.46. The van der Waals surface area contributed by atoms with Crippen molar-refractivity contribution in [3.63, 3.8) is 0 Å².